The number of carbonyl (C=O) groups excluding carboxylic acids is 1. The van der Waals surface area contributed by atoms with Gasteiger partial charge in [-0.2, -0.15) is 0 Å². The molecule has 88 valence electrons. The number of hydrogen-bond donors (Lipinski definition) is 1. The van der Waals surface area contributed by atoms with Crippen molar-refractivity contribution >= 4 is 6.09 Å². The molecule has 1 atom stereocenters. The van der Waals surface area contributed by atoms with Crippen molar-refractivity contribution in [3.8, 4) is 0 Å². The van der Waals surface area contributed by atoms with Gasteiger partial charge in [0, 0.05) is 18.6 Å². The SMILES string of the molecule is CC1CCCN(C(=O)OCC(C)(C)N)C1. The average Bonchev–Trinajstić information content (AvgIpc) is 2.13. The molecule has 1 aliphatic rings. The van der Waals surface area contributed by atoms with Gasteiger partial charge in [-0.3, -0.25) is 0 Å². The van der Waals surface area contributed by atoms with Crippen LogP contribution in [0.15, 0.2) is 0 Å². The number of nitrogens with two attached hydrogens (primary N) is 1. The summed E-state index contributed by atoms with van der Waals surface area (Å²) in [6, 6.07) is 0. The number of carbonyl (C=O) groups is 1. The van der Waals surface area contributed by atoms with Crippen LogP contribution in [0.4, 0.5) is 4.79 Å². The second-order valence-corrected chi connectivity index (χ2v) is 5.24. The molecule has 0 saturated carbocycles. The topological polar surface area (TPSA) is 55.6 Å². The maximum atomic E-state index is 11.6. The molecule has 0 aromatic carbocycles. The summed E-state index contributed by atoms with van der Waals surface area (Å²) in [5.41, 5.74) is 5.30. The van der Waals surface area contributed by atoms with Gasteiger partial charge in [0.25, 0.3) is 0 Å². The van der Waals surface area contributed by atoms with E-state index in [1.54, 1.807) is 4.90 Å². The first-order valence-electron chi connectivity index (χ1n) is 5.59. The lowest BCUT2D eigenvalue weighted by Gasteiger charge is -2.31. The zero-order chi connectivity index (χ0) is 11.5. The van der Waals surface area contributed by atoms with Crippen LogP contribution in [0.3, 0.4) is 0 Å². The molecular weight excluding hydrogens is 192 g/mol. The minimum Gasteiger partial charge on any atom is -0.447 e. The first-order chi connectivity index (χ1) is 6.88. The molecule has 1 saturated heterocycles. The normalized spacial score (nSPS) is 22.7. The average molecular weight is 214 g/mol. The van der Waals surface area contributed by atoms with Crippen LogP contribution in [0.25, 0.3) is 0 Å². The molecule has 1 unspecified atom stereocenters. The van der Waals surface area contributed by atoms with Crippen molar-refractivity contribution in [2.24, 2.45) is 11.7 Å². The summed E-state index contributed by atoms with van der Waals surface area (Å²) in [6.07, 6.45) is 2.05. The van der Waals surface area contributed by atoms with Gasteiger partial charge in [-0.25, -0.2) is 4.79 Å². The summed E-state index contributed by atoms with van der Waals surface area (Å²) in [7, 11) is 0. The minimum absolute atomic E-state index is 0.222. The third kappa shape index (κ3) is 4.51. The number of amides is 1. The Morgan fingerprint density at radius 3 is 2.80 bits per heavy atom. The second kappa shape index (κ2) is 4.84. The van der Waals surface area contributed by atoms with Crippen LogP contribution in [0, 0.1) is 5.92 Å². The Kier molecular flexibility index (Phi) is 3.97. The number of nitrogens with zero attached hydrogens (tertiary/aromatic N) is 1. The molecule has 1 heterocycles. The van der Waals surface area contributed by atoms with E-state index in [1.807, 2.05) is 13.8 Å². The van der Waals surface area contributed by atoms with Gasteiger partial charge in [-0.15, -0.1) is 0 Å². The summed E-state index contributed by atoms with van der Waals surface area (Å²) in [4.78, 5) is 13.4. The fourth-order valence-electron chi connectivity index (χ4n) is 1.69. The number of hydrogen-bond acceptors (Lipinski definition) is 3. The van der Waals surface area contributed by atoms with Crippen LogP contribution in [-0.2, 0) is 4.74 Å². The number of ether oxygens (including phenoxy) is 1. The Balaban J connectivity index is 2.33. The van der Waals surface area contributed by atoms with Crippen LogP contribution in [-0.4, -0.2) is 36.2 Å². The van der Waals surface area contributed by atoms with Gasteiger partial charge in [0.15, 0.2) is 0 Å². The lowest BCUT2D eigenvalue weighted by atomic mass is 10.0. The monoisotopic (exact) mass is 214 g/mol. The van der Waals surface area contributed by atoms with Gasteiger partial charge in [0.05, 0.1) is 0 Å². The zero-order valence-electron chi connectivity index (χ0n) is 9.95. The van der Waals surface area contributed by atoms with E-state index in [4.69, 9.17) is 10.5 Å². The van der Waals surface area contributed by atoms with Crippen molar-refractivity contribution < 1.29 is 9.53 Å². The molecule has 4 nitrogen and oxygen atoms in total. The smallest absolute Gasteiger partial charge is 0.409 e. The summed E-state index contributed by atoms with van der Waals surface area (Å²) in [5, 5.41) is 0. The summed E-state index contributed by atoms with van der Waals surface area (Å²) >= 11 is 0. The van der Waals surface area contributed by atoms with Crippen LogP contribution < -0.4 is 5.73 Å². The van der Waals surface area contributed by atoms with Crippen molar-refractivity contribution in [1.29, 1.82) is 0 Å². The minimum atomic E-state index is -0.447. The first-order valence-corrected chi connectivity index (χ1v) is 5.59. The third-order valence-corrected chi connectivity index (χ3v) is 2.48. The zero-order valence-corrected chi connectivity index (χ0v) is 9.95. The van der Waals surface area contributed by atoms with Gasteiger partial charge in [0.2, 0.25) is 0 Å². The number of rotatable bonds is 2. The van der Waals surface area contributed by atoms with E-state index in [0.717, 1.165) is 19.5 Å². The Hall–Kier alpha value is -0.770. The second-order valence-electron chi connectivity index (χ2n) is 5.24. The summed E-state index contributed by atoms with van der Waals surface area (Å²) in [5.74, 6) is 0.581. The lowest BCUT2D eigenvalue weighted by Crippen LogP contribution is -2.43. The number of likely N-dealkylation sites (tertiary alicyclic amines) is 1. The van der Waals surface area contributed by atoms with Crippen molar-refractivity contribution in [3.63, 3.8) is 0 Å². The van der Waals surface area contributed by atoms with Crippen molar-refractivity contribution in [1.82, 2.24) is 4.90 Å². The van der Waals surface area contributed by atoms with Crippen molar-refractivity contribution in [3.05, 3.63) is 0 Å². The summed E-state index contributed by atoms with van der Waals surface area (Å²) in [6.45, 7) is 7.75. The predicted octanol–water partition coefficient (Wildman–Crippen LogP) is 1.59. The fraction of sp³-hybridized carbons (Fsp3) is 0.909. The number of piperidine rings is 1. The molecule has 0 radical (unpaired) electrons. The molecule has 15 heavy (non-hydrogen) atoms. The van der Waals surface area contributed by atoms with E-state index in [-0.39, 0.29) is 12.7 Å². The summed E-state index contributed by atoms with van der Waals surface area (Å²) < 4.78 is 5.16. The van der Waals surface area contributed by atoms with Crippen molar-refractivity contribution in [2.75, 3.05) is 19.7 Å². The molecule has 1 rings (SSSR count). The Morgan fingerprint density at radius 1 is 1.60 bits per heavy atom. The van der Waals surface area contributed by atoms with Gasteiger partial charge in [-0.1, -0.05) is 6.92 Å². The molecule has 4 heteroatoms. The maximum Gasteiger partial charge on any atom is 0.409 e. The molecule has 0 spiro atoms. The first kappa shape index (κ1) is 12.3. The van der Waals surface area contributed by atoms with E-state index in [2.05, 4.69) is 6.92 Å². The molecule has 2 N–H and O–H groups in total. The molecule has 1 fully saturated rings. The predicted molar refractivity (Wildman–Crippen MR) is 59.6 cm³/mol. The fourth-order valence-corrected chi connectivity index (χ4v) is 1.69. The highest BCUT2D eigenvalue weighted by atomic mass is 16.6. The highest BCUT2D eigenvalue weighted by Crippen LogP contribution is 2.16. The molecule has 0 bridgehead atoms. The van der Waals surface area contributed by atoms with Crippen LogP contribution in [0.2, 0.25) is 0 Å². The van der Waals surface area contributed by atoms with Crippen molar-refractivity contribution in [2.45, 2.75) is 39.2 Å². The molecule has 1 amide bonds. The quantitative estimate of drug-likeness (QED) is 0.759. The highest BCUT2D eigenvalue weighted by Gasteiger charge is 2.23. The molecule has 0 aliphatic carbocycles. The van der Waals surface area contributed by atoms with Crippen LogP contribution in [0.5, 0.6) is 0 Å². The van der Waals surface area contributed by atoms with E-state index in [1.165, 1.54) is 6.42 Å². The van der Waals surface area contributed by atoms with Gasteiger partial charge in [0.1, 0.15) is 6.61 Å². The molecule has 0 aromatic heterocycles. The standard InChI is InChI=1S/C11H22N2O2/c1-9-5-4-6-13(7-9)10(14)15-8-11(2,3)12/h9H,4-8,12H2,1-3H3. The largest absolute Gasteiger partial charge is 0.447 e. The van der Waals surface area contributed by atoms with E-state index < -0.39 is 5.54 Å². The van der Waals surface area contributed by atoms with Gasteiger partial charge in [-0.05, 0) is 32.6 Å². The van der Waals surface area contributed by atoms with Crippen LogP contribution >= 0.6 is 0 Å². The van der Waals surface area contributed by atoms with E-state index in [0.29, 0.717) is 5.92 Å². The maximum absolute atomic E-state index is 11.6. The van der Waals surface area contributed by atoms with Gasteiger partial charge < -0.3 is 15.4 Å². The van der Waals surface area contributed by atoms with E-state index in [9.17, 15) is 4.79 Å². The molecular formula is C11H22N2O2. The van der Waals surface area contributed by atoms with E-state index >= 15 is 0 Å². The highest BCUT2D eigenvalue weighted by molar-refractivity contribution is 5.67. The van der Waals surface area contributed by atoms with Gasteiger partial charge >= 0.3 is 6.09 Å². The third-order valence-electron chi connectivity index (χ3n) is 2.48. The lowest BCUT2D eigenvalue weighted by molar-refractivity contribution is 0.0729. The van der Waals surface area contributed by atoms with Crippen LogP contribution in [0.1, 0.15) is 33.6 Å². The Bertz CT molecular complexity index is 223. The molecule has 0 aromatic rings. The Labute approximate surface area is 91.8 Å². The Morgan fingerprint density at radius 2 is 2.27 bits per heavy atom. The molecule has 1 aliphatic heterocycles.